The van der Waals surface area contributed by atoms with Gasteiger partial charge in [0.2, 0.25) is 10.0 Å². The third-order valence-electron chi connectivity index (χ3n) is 3.67. The topological polar surface area (TPSA) is 86.7 Å². The van der Waals surface area contributed by atoms with Gasteiger partial charge >= 0.3 is 0 Å². The predicted octanol–water partition coefficient (Wildman–Crippen LogP) is 1.15. The highest BCUT2D eigenvalue weighted by atomic mass is 32.2. The zero-order valence-corrected chi connectivity index (χ0v) is 16.7. The van der Waals surface area contributed by atoms with Crippen LogP contribution in [0.4, 0.5) is 0 Å². The molecular formula is C16H27N5O2S2. The first-order chi connectivity index (χ1) is 11.8. The number of hydrogen-bond donors (Lipinski definition) is 2. The van der Waals surface area contributed by atoms with Crippen molar-refractivity contribution in [3.05, 3.63) is 24.5 Å². The van der Waals surface area contributed by atoms with Crippen molar-refractivity contribution in [2.45, 2.75) is 30.4 Å². The van der Waals surface area contributed by atoms with Crippen LogP contribution >= 0.6 is 11.8 Å². The number of rotatable bonds is 6. The number of nitrogens with one attached hydrogen (secondary N) is 2. The predicted molar refractivity (Wildman–Crippen MR) is 104 cm³/mol. The number of aromatic nitrogens is 1. The van der Waals surface area contributed by atoms with Crippen LogP contribution in [-0.4, -0.2) is 67.5 Å². The Kier molecular flexibility index (Phi) is 7.09. The van der Waals surface area contributed by atoms with Crippen molar-refractivity contribution in [2.75, 3.05) is 38.5 Å². The molecule has 2 N–H and O–H groups in total. The minimum absolute atomic E-state index is 0.167. The summed E-state index contributed by atoms with van der Waals surface area (Å²) in [5.41, 5.74) is 0. The lowest BCUT2D eigenvalue weighted by atomic mass is 10.2. The number of thioether (sulfide) groups is 1. The van der Waals surface area contributed by atoms with Gasteiger partial charge in [-0.2, -0.15) is 11.8 Å². The van der Waals surface area contributed by atoms with E-state index in [0.717, 1.165) is 31.3 Å². The van der Waals surface area contributed by atoms with E-state index in [1.807, 2.05) is 18.7 Å². The molecule has 1 aromatic rings. The Hall–Kier alpha value is -1.32. The van der Waals surface area contributed by atoms with Crippen LogP contribution in [0.1, 0.15) is 20.8 Å². The van der Waals surface area contributed by atoms with Crippen LogP contribution in [-0.2, 0) is 10.0 Å². The average Bonchev–Trinajstić information content (AvgIpc) is 2.57. The van der Waals surface area contributed by atoms with E-state index in [1.54, 1.807) is 12.3 Å². The quantitative estimate of drug-likeness (QED) is 0.434. The summed E-state index contributed by atoms with van der Waals surface area (Å²) in [6.07, 6.45) is 2.88. The first-order valence-electron chi connectivity index (χ1n) is 8.41. The van der Waals surface area contributed by atoms with Crippen molar-refractivity contribution < 1.29 is 8.42 Å². The van der Waals surface area contributed by atoms with Crippen LogP contribution in [0.25, 0.3) is 0 Å². The molecule has 0 aliphatic carbocycles. The molecule has 140 valence electrons. The standard InChI is InChI=1S/C16H27N5O2S2/c1-4-18-15(21-10-11-24-16(2,3)13-21)19-8-9-20-25(22,23)14-6-5-7-17-12-14/h5-7,12,20H,4,8-11,13H2,1-3H3,(H,18,19). The molecule has 1 aliphatic heterocycles. The molecule has 0 radical (unpaired) electrons. The van der Waals surface area contributed by atoms with Gasteiger partial charge in [-0.05, 0) is 32.9 Å². The monoisotopic (exact) mass is 385 g/mol. The molecule has 1 saturated heterocycles. The van der Waals surface area contributed by atoms with Gasteiger partial charge in [0.15, 0.2) is 5.96 Å². The third kappa shape index (κ3) is 6.16. The molecule has 2 heterocycles. The molecular weight excluding hydrogens is 358 g/mol. The largest absolute Gasteiger partial charge is 0.357 e. The van der Waals surface area contributed by atoms with Gasteiger partial charge < -0.3 is 10.2 Å². The Balaban J connectivity index is 1.93. The molecule has 7 nitrogen and oxygen atoms in total. The highest BCUT2D eigenvalue weighted by Crippen LogP contribution is 2.29. The van der Waals surface area contributed by atoms with Gasteiger partial charge in [-0.1, -0.05) is 0 Å². The third-order valence-corrected chi connectivity index (χ3v) is 6.41. The van der Waals surface area contributed by atoms with E-state index in [0.29, 0.717) is 6.54 Å². The van der Waals surface area contributed by atoms with Crippen LogP contribution in [0.5, 0.6) is 0 Å². The van der Waals surface area contributed by atoms with E-state index >= 15 is 0 Å². The van der Waals surface area contributed by atoms with Crippen molar-refractivity contribution in [1.29, 1.82) is 0 Å². The van der Waals surface area contributed by atoms with E-state index in [-0.39, 0.29) is 16.2 Å². The minimum atomic E-state index is -3.53. The van der Waals surface area contributed by atoms with Crippen molar-refractivity contribution >= 4 is 27.7 Å². The maximum absolute atomic E-state index is 12.2. The summed E-state index contributed by atoms with van der Waals surface area (Å²) >= 11 is 1.97. The molecule has 0 atom stereocenters. The van der Waals surface area contributed by atoms with E-state index in [1.165, 1.54) is 12.3 Å². The van der Waals surface area contributed by atoms with E-state index < -0.39 is 10.0 Å². The molecule has 0 aromatic carbocycles. The number of sulfonamides is 1. The zero-order valence-electron chi connectivity index (χ0n) is 15.0. The maximum Gasteiger partial charge on any atom is 0.242 e. The lowest BCUT2D eigenvalue weighted by Crippen LogP contribution is -2.51. The molecule has 0 unspecified atom stereocenters. The lowest BCUT2D eigenvalue weighted by Gasteiger charge is -2.39. The maximum atomic E-state index is 12.2. The van der Waals surface area contributed by atoms with Crippen LogP contribution in [0, 0.1) is 0 Å². The number of aliphatic imine (C=N–C) groups is 1. The van der Waals surface area contributed by atoms with Crippen molar-refractivity contribution in [3.8, 4) is 0 Å². The normalized spacial score (nSPS) is 18.2. The van der Waals surface area contributed by atoms with Crippen LogP contribution in [0.3, 0.4) is 0 Å². The molecule has 1 fully saturated rings. The van der Waals surface area contributed by atoms with Crippen LogP contribution in [0.2, 0.25) is 0 Å². The fraction of sp³-hybridized carbons (Fsp3) is 0.625. The Labute approximate surface area is 154 Å². The SMILES string of the molecule is CCNC(=NCCNS(=O)(=O)c1cccnc1)N1CCSC(C)(C)C1. The lowest BCUT2D eigenvalue weighted by molar-refractivity contribution is 0.376. The van der Waals surface area contributed by atoms with Gasteiger partial charge in [-0.25, -0.2) is 13.1 Å². The highest BCUT2D eigenvalue weighted by Gasteiger charge is 2.28. The molecule has 0 spiro atoms. The number of hydrogen-bond acceptors (Lipinski definition) is 5. The summed E-state index contributed by atoms with van der Waals surface area (Å²) in [5.74, 6) is 1.90. The zero-order chi connectivity index (χ0) is 18.3. The van der Waals surface area contributed by atoms with Gasteiger partial charge in [-0.3, -0.25) is 9.98 Å². The fourth-order valence-electron chi connectivity index (χ4n) is 2.55. The molecule has 1 aliphatic rings. The summed E-state index contributed by atoms with van der Waals surface area (Å²) in [6.45, 7) is 9.77. The second-order valence-corrected chi connectivity index (χ2v) is 9.92. The summed E-state index contributed by atoms with van der Waals surface area (Å²) in [7, 11) is -3.53. The number of guanidine groups is 1. The average molecular weight is 386 g/mol. The van der Waals surface area contributed by atoms with E-state index in [2.05, 4.69) is 38.8 Å². The van der Waals surface area contributed by atoms with Crippen LogP contribution < -0.4 is 10.0 Å². The smallest absolute Gasteiger partial charge is 0.242 e. The first-order valence-corrected chi connectivity index (χ1v) is 10.9. The van der Waals surface area contributed by atoms with Gasteiger partial charge in [0.05, 0.1) is 6.54 Å². The Morgan fingerprint density at radius 1 is 1.48 bits per heavy atom. The Morgan fingerprint density at radius 3 is 2.92 bits per heavy atom. The van der Waals surface area contributed by atoms with Gasteiger partial charge in [-0.15, -0.1) is 0 Å². The number of pyridine rings is 1. The molecule has 25 heavy (non-hydrogen) atoms. The molecule has 1 aromatic heterocycles. The Morgan fingerprint density at radius 2 is 2.28 bits per heavy atom. The molecule has 0 bridgehead atoms. The molecule has 0 saturated carbocycles. The minimum Gasteiger partial charge on any atom is -0.357 e. The van der Waals surface area contributed by atoms with Gasteiger partial charge in [0, 0.05) is 49.1 Å². The second-order valence-electron chi connectivity index (χ2n) is 6.35. The molecule has 2 rings (SSSR count). The van der Waals surface area contributed by atoms with Crippen molar-refractivity contribution in [3.63, 3.8) is 0 Å². The van der Waals surface area contributed by atoms with Crippen LogP contribution in [0.15, 0.2) is 34.4 Å². The van der Waals surface area contributed by atoms with E-state index in [9.17, 15) is 8.42 Å². The molecule has 9 heteroatoms. The Bertz CT molecular complexity index is 677. The van der Waals surface area contributed by atoms with Gasteiger partial charge in [0.25, 0.3) is 0 Å². The van der Waals surface area contributed by atoms with E-state index in [4.69, 9.17) is 0 Å². The van der Waals surface area contributed by atoms with Crippen molar-refractivity contribution in [1.82, 2.24) is 19.9 Å². The highest BCUT2D eigenvalue weighted by molar-refractivity contribution is 8.00. The second kappa shape index (κ2) is 8.86. The summed E-state index contributed by atoms with van der Waals surface area (Å²) < 4.78 is 27.1. The first kappa shape index (κ1) is 20.0. The fourth-order valence-corrected chi connectivity index (χ4v) is 4.65. The summed E-state index contributed by atoms with van der Waals surface area (Å²) in [6, 6.07) is 3.13. The van der Waals surface area contributed by atoms with Gasteiger partial charge in [0.1, 0.15) is 4.90 Å². The number of nitrogens with zero attached hydrogens (tertiary/aromatic N) is 3. The molecule has 0 amide bonds. The summed E-state index contributed by atoms with van der Waals surface area (Å²) in [4.78, 5) is 10.8. The van der Waals surface area contributed by atoms with Crippen molar-refractivity contribution in [2.24, 2.45) is 4.99 Å². The summed E-state index contributed by atoms with van der Waals surface area (Å²) in [5, 5.41) is 3.30.